The molecule has 0 rings (SSSR count). The van der Waals surface area contributed by atoms with Crippen LogP contribution in [0.25, 0.3) is 0 Å². The van der Waals surface area contributed by atoms with Gasteiger partial charge in [-0.3, -0.25) is 4.79 Å². The van der Waals surface area contributed by atoms with Crippen molar-refractivity contribution in [2.75, 3.05) is 0 Å². The van der Waals surface area contributed by atoms with Crippen LogP contribution in [0.4, 0.5) is 0 Å². The zero-order valence-electron chi connectivity index (χ0n) is 16.6. The summed E-state index contributed by atoms with van der Waals surface area (Å²) in [6, 6.07) is 0. The van der Waals surface area contributed by atoms with Gasteiger partial charge in [-0.15, -0.1) is 0 Å². The fourth-order valence-corrected chi connectivity index (χ4v) is 2.59. The van der Waals surface area contributed by atoms with Crippen LogP contribution < -0.4 is 5.73 Å². The minimum Gasteiger partial charge on any atom is -0.370 e. The highest BCUT2D eigenvalue weighted by Gasteiger charge is 2.08. The summed E-state index contributed by atoms with van der Waals surface area (Å²) in [4.78, 5) is 11.3. The molecule has 1 amide bonds. The molecule has 2 heteroatoms. The Kier molecular flexibility index (Phi) is 12.0. The second kappa shape index (κ2) is 12.8. The van der Waals surface area contributed by atoms with Crippen molar-refractivity contribution >= 4 is 5.91 Å². The molecule has 2 nitrogen and oxygen atoms in total. The number of nitrogens with two attached hydrogens (primary N) is 1. The second-order valence-electron chi connectivity index (χ2n) is 7.37. The third-order valence-electron chi connectivity index (χ3n) is 3.94. The first-order valence-corrected chi connectivity index (χ1v) is 9.08. The van der Waals surface area contributed by atoms with Crippen LogP contribution in [0.5, 0.6) is 0 Å². The fraction of sp³-hybridized carbons (Fsp3) is 0.591. The second-order valence-corrected chi connectivity index (χ2v) is 7.37. The van der Waals surface area contributed by atoms with Crippen molar-refractivity contribution in [1.82, 2.24) is 0 Å². The van der Waals surface area contributed by atoms with Crippen molar-refractivity contribution in [1.29, 1.82) is 0 Å². The van der Waals surface area contributed by atoms with E-state index in [1.807, 2.05) is 0 Å². The van der Waals surface area contributed by atoms with Crippen LogP contribution in [-0.2, 0) is 4.79 Å². The van der Waals surface area contributed by atoms with Gasteiger partial charge >= 0.3 is 0 Å². The summed E-state index contributed by atoms with van der Waals surface area (Å²) in [7, 11) is 0. The van der Waals surface area contributed by atoms with E-state index < -0.39 is 0 Å². The van der Waals surface area contributed by atoms with E-state index in [4.69, 9.17) is 5.73 Å². The molecular formula is C22H37NO. The van der Waals surface area contributed by atoms with Gasteiger partial charge in [0.15, 0.2) is 0 Å². The summed E-state index contributed by atoms with van der Waals surface area (Å²) >= 11 is 0. The SMILES string of the molecule is CC(C)=CCCC(C)=CCC(C=C(C)CCC=C(C)C)CC(N)=O. The molecule has 0 aromatic heterocycles. The maximum Gasteiger partial charge on any atom is 0.218 e. The molecule has 1 unspecified atom stereocenters. The van der Waals surface area contributed by atoms with Crippen LogP contribution >= 0.6 is 0 Å². The van der Waals surface area contributed by atoms with E-state index >= 15 is 0 Å². The van der Waals surface area contributed by atoms with Crippen molar-refractivity contribution in [3.8, 4) is 0 Å². The van der Waals surface area contributed by atoms with E-state index in [1.54, 1.807) is 0 Å². The third kappa shape index (κ3) is 14.0. The summed E-state index contributed by atoms with van der Waals surface area (Å²) in [6.45, 7) is 12.8. The molecule has 0 aromatic carbocycles. The Balaban J connectivity index is 4.67. The number of rotatable bonds is 11. The highest BCUT2D eigenvalue weighted by atomic mass is 16.1. The first-order valence-electron chi connectivity index (χ1n) is 9.08. The first kappa shape index (κ1) is 22.4. The van der Waals surface area contributed by atoms with E-state index in [2.05, 4.69) is 65.8 Å². The van der Waals surface area contributed by atoms with Crippen LogP contribution in [0.1, 0.15) is 80.1 Å². The van der Waals surface area contributed by atoms with Gasteiger partial charge in [0.05, 0.1) is 0 Å². The Morgan fingerprint density at radius 2 is 1.33 bits per heavy atom. The summed E-state index contributed by atoms with van der Waals surface area (Å²) in [5.41, 5.74) is 10.9. The maximum absolute atomic E-state index is 11.3. The molecule has 0 radical (unpaired) electrons. The molecule has 0 spiro atoms. The summed E-state index contributed by atoms with van der Waals surface area (Å²) in [6.07, 6.45) is 14.6. The number of allylic oxidation sites excluding steroid dienone is 8. The highest BCUT2D eigenvalue weighted by molar-refractivity contribution is 5.74. The molecule has 0 aromatic rings. The van der Waals surface area contributed by atoms with Gasteiger partial charge in [0.25, 0.3) is 0 Å². The van der Waals surface area contributed by atoms with Crippen molar-refractivity contribution in [2.24, 2.45) is 11.7 Å². The molecule has 0 heterocycles. The minimum atomic E-state index is -0.219. The lowest BCUT2D eigenvalue weighted by Gasteiger charge is -2.11. The quantitative estimate of drug-likeness (QED) is 0.446. The molecule has 0 saturated heterocycles. The van der Waals surface area contributed by atoms with Gasteiger partial charge < -0.3 is 5.73 Å². The van der Waals surface area contributed by atoms with Crippen molar-refractivity contribution in [2.45, 2.75) is 80.1 Å². The zero-order chi connectivity index (χ0) is 18.5. The van der Waals surface area contributed by atoms with Crippen molar-refractivity contribution < 1.29 is 4.79 Å². The molecule has 1 atom stereocenters. The number of amides is 1. The Morgan fingerprint density at radius 3 is 1.79 bits per heavy atom. The topological polar surface area (TPSA) is 43.1 Å². The molecule has 0 aliphatic rings. The van der Waals surface area contributed by atoms with E-state index in [-0.39, 0.29) is 11.8 Å². The van der Waals surface area contributed by atoms with Gasteiger partial charge in [0.1, 0.15) is 0 Å². The minimum absolute atomic E-state index is 0.215. The normalized spacial score (nSPS) is 13.4. The third-order valence-corrected chi connectivity index (χ3v) is 3.94. The van der Waals surface area contributed by atoms with E-state index in [9.17, 15) is 4.79 Å². The van der Waals surface area contributed by atoms with Crippen LogP contribution in [-0.4, -0.2) is 5.91 Å². The van der Waals surface area contributed by atoms with Crippen molar-refractivity contribution in [3.05, 3.63) is 46.6 Å². The predicted molar refractivity (Wildman–Crippen MR) is 107 cm³/mol. The molecule has 0 bridgehead atoms. The molecule has 2 N–H and O–H groups in total. The smallest absolute Gasteiger partial charge is 0.218 e. The molecule has 136 valence electrons. The lowest BCUT2D eigenvalue weighted by molar-refractivity contribution is -0.118. The number of hydrogen-bond donors (Lipinski definition) is 1. The monoisotopic (exact) mass is 331 g/mol. The van der Waals surface area contributed by atoms with Crippen LogP contribution in [0.15, 0.2) is 46.6 Å². The number of carbonyl (C=O) groups excluding carboxylic acids is 1. The summed E-state index contributed by atoms with van der Waals surface area (Å²) in [5.74, 6) is -0.00320. The van der Waals surface area contributed by atoms with Gasteiger partial charge in [0.2, 0.25) is 5.91 Å². The van der Waals surface area contributed by atoms with Gasteiger partial charge in [-0.25, -0.2) is 0 Å². The Labute approximate surface area is 149 Å². The van der Waals surface area contributed by atoms with Gasteiger partial charge in [-0.05, 0) is 79.6 Å². The standard InChI is InChI=1S/C22H37NO/c1-17(2)9-7-11-19(5)13-14-21(16-22(23)24)15-20(6)12-8-10-18(3)4/h9-10,13,15,21H,7-8,11-12,14,16H2,1-6H3,(H2,23,24). The van der Waals surface area contributed by atoms with Gasteiger partial charge in [-0.2, -0.15) is 0 Å². The van der Waals surface area contributed by atoms with Crippen molar-refractivity contribution in [3.63, 3.8) is 0 Å². The molecule has 0 aliphatic heterocycles. The number of carbonyl (C=O) groups is 1. The fourth-order valence-electron chi connectivity index (χ4n) is 2.59. The van der Waals surface area contributed by atoms with Crippen LogP contribution in [0, 0.1) is 5.92 Å². The lowest BCUT2D eigenvalue weighted by atomic mass is 9.95. The molecule has 0 fully saturated rings. The molecule has 0 aliphatic carbocycles. The molecule has 0 saturated carbocycles. The van der Waals surface area contributed by atoms with Gasteiger partial charge in [0, 0.05) is 6.42 Å². The van der Waals surface area contributed by atoms with Gasteiger partial charge in [-0.1, -0.05) is 46.6 Å². The lowest BCUT2D eigenvalue weighted by Crippen LogP contribution is -2.15. The average Bonchev–Trinajstić information content (AvgIpc) is 2.43. The van der Waals surface area contributed by atoms with Crippen LogP contribution in [0.2, 0.25) is 0 Å². The highest BCUT2D eigenvalue weighted by Crippen LogP contribution is 2.19. The summed E-state index contributed by atoms with van der Waals surface area (Å²) < 4.78 is 0. The Bertz CT molecular complexity index is 498. The number of hydrogen-bond acceptors (Lipinski definition) is 1. The Morgan fingerprint density at radius 1 is 0.833 bits per heavy atom. The van der Waals surface area contributed by atoms with E-state index in [0.29, 0.717) is 6.42 Å². The van der Waals surface area contributed by atoms with E-state index in [1.165, 1.54) is 22.3 Å². The predicted octanol–water partition coefficient (Wildman–Crippen LogP) is 6.25. The molecule has 24 heavy (non-hydrogen) atoms. The van der Waals surface area contributed by atoms with Crippen LogP contribution in [0.3, 0.4) is 0 Å². The molecular weight excluding hydrogens is 294 g/mol. The Hall–Kier alpha value is -1.57. The number of primary amides is 1. The summed E-state index contributed by atoms with van der Waals surface area (Å²) in [5, 5.41) is 0. The average molecular weight is 332 g/mol. The van der Waals surface area contributed by atoms with E-state index in [0.717, 1.165) is 32.1 Å². The zero-order valence-corrected chi connectivity index (χ0v) is 16.6. The largest absolute Gasteiger partial charge is 0.370 e. The first-order chi connectivity index (χ1) is 11.2. The maximum atomic E-state index is 11.3.